The average Bonchev–Trinajstić information content (AvgIpc) is 2.43. The van der Waals surface area contributed by atoms with Crippen LogP contribution in [0.1, 0.15) is 12.0 Å². The molecule has 0 unspecified atom stereocenters. The van der Waals surface area contributed by atoms with E-state index in [1.807, 2.05) is 0 Å². The van der Waals surface area contributed by atoms with Gasteiger partial charge >= 0.3 is 6.18 Å². The minimum atomic E-state index is -4.30. The highest BCUT2D eigenvalue weighted by Gasteiger charge is 2.27. The van der Waals surface area contributed by atoms with Crippen molar-refractivity contribution < 1.29 is 27.9 Å². The van der Waals surface area contributed by atoms with Gasteiger partial charge in [-0.25, -0.2) is 0 Å². The molecule has 0 fully saturated rings. The van der Waals surface area contributed by atoms with Crippen molar-refractivity contribution in [1.82, 2.24) is 0 Å². The Hall–Kier alpha value is -1.96. The average molecular weight is 306 g/mol. The van der Waals surface area contributed by atoms with Crippen molar-refractivity contribution in [3.8, 4) is 5.75 Å². The number of benzene rings is 1. The molecular formula is C13H17F3N2O3. The molecule has 0 bridgehead atoms. The van der Waals surface area contributed by atoms with Crippen LogP contribution in [0.3, 0.4) is 0 Å². The lowest BCUT2D eigenvalue weighted by Crippen LogP contribution is -2.18. The molecule has 0 amide bonds. The van der Waals surface area contributed by atoms with Crippen LogP contribution in [-0.4, -0.2) is 37.0 Å². The smallest absolute Gasteiger partial charge is 0.411 e. The van der Waals surface area contributed by atoms with E-state index in [0.29, 0.717) is 18.6 Å². The summed E-state index contributed by atoms with van der Waals surface area (Å²) in [6.07, 6.45) is -3.61. The maximum Gasteiger partial charge on any atom is 0.411 e. The summed E-state index contributed by atoms with van der Waals surface area (Å²) in [5, 5.41) is 11.3. The summed E-state index contributed by atoms with van der Waals surface area (Å²) < 4.78 is 45.2. The Labute approximate surface area is 120 Å². The molecule has 0 aliphatic heterocycles. The van der Waals surface area contributed by atoms with Crippen LogP contribution >= 0.6 is 0 Å². The van der Waals surface area contributed by atoms with Crippen molar-refractivity contribution >= 4 is 5.84 Å². The summed E-state index contributed by atoms with van der Waals surface area (Å²) in [6.45, 7) is -0.992. The Kier molecular flexibility index (Phi) is 6.80. The van der Waals surface area contributed by atoms with Gasteiger partial charge in [0.05, 0.1) is 13.2 Å². The number of hydrogen-bond acceptors (Lipinski definition) is 4. The van der Waals surface area contributed by atoms with Gasteiger partial charge in [-0.15, -0.1) is 0 Å². The number of nitrogens with two attached hydrogens (primary N) is 1. The number of hydrogen-bond donors (Lipinski definition) is 2. The highest BCUT2D eigenvalue weighted by molar-refractivity contribution is 5.82. The number of rotatable bonds is 8. The summed E-state index contributed by atoms with van der Waals surface area (Å²) in [5.41, 5.74) is 6.23. The predicted octanol–water partition coefficient (Wildman–Crippen LogP) is 2.32. The lowest BCUT2D eigenvalue weighted by molar-refractivity contribution is -0.174. The number of ether oxygens (including phenoxy) is 2. The van der Waals surface area contributed by atoms with Crippen LogP contribution in [0, 0.1) is 0 Å². The molecular weight excluding hydrogens is 289 g/mol. The zero-order valence-corrected chi connectivity index (χ0v) is 11.3. The van der Waals surface area contributed by atoms with Crippen LogP contribution in [0.15, 0.2) is 29.4 Å². The lowest BCUT2D eigenvalue weighted by atomic mass is 10.1. The summed E-state index contributed by atoms with van der Waals surface area (Å²) in [5.74, 6) is 0.694. The third kappa shape index (κ3) is 8.03. The van der Waals surface area contributed by atoms with Crippen molar-refractivity contribution in [1.29, 1.82) is 0 Å². The van der Waals surface area contributed by atoms with Crippen molar-refractivity contribution in [2.75, 3.05) is 19.8 Å². The molecule has 0 spiro atoms. The van der Waals surface area contributed by atoms with Crippen LogP contribution in [0.5, 0.6) is 5.75 Å². The van der Waals surface area contributed by atoms with Gasteiger partial charge in [0.1, 0.15) is 18.2 Å². The second-order valence-electron chi connectivity index (χ2n) is 4.28. The molecule has 1 rings (SSSR count). The minimum Gasteiger partial charge on any atom is -0.494 e. The normalized spacial score (nSPS) is 12.4. The highest BCUT2D eigenvalue weighted by atomic mass is 19.4. The summed E-state index contributed by atoms with van der Waals surface area (Å²) >= 11 is 0. The van der Waals surface area contributed by atoms with E-state index in [-0.39, 0.29) is 19.0 Å². The number of nitrogens with zero attached hydrogens (tertiary/aromatic N) is 1. The molecule has 0 aromatic heterocycles. The van der Waals surface area contributed by atoms with Gasteiger partial charge < -0.3 is 20.4 Å². The van der Waals surface area contributed by atoms with E-state index in [0.717, 1.165) is 5.56 Å². The molecule has 0 radical (unpaired) electrons. The molecule has 5 nitrogen and oxygen atoms in total. The van der Waals surface area contributed by atoms with E-state index in [4.69, 9.17) is 15.7 Å². The van der Waals surface area contributed by atoms with Gasteiger partial charge in [-0.3, -0.25) is 0 Å². The second kappa shape index (κ2) is 8.35. The zero-order valence-electron chi connectivity index (χ0n) is 11.3. The Morgan fingerprint density at radius 3 is 2.43 bits per heavy atom. The molecule has 1 aromatic carbocycles. The van der Waals surface area contributed by atoms with Gasteiger partial charge in [-0.1, -0.05) is 17.3 Å². The molecule has 8 heteroatoms. The Balaban J connectivity index is 2.21. The van der Waals surface area contributed by atoms with Crippen LogP contribution in [0.25, 0.3) is 0 Å². The maximum atomic E-state index is 11.8. The number of alkyl halides is 3. The minimum absolute atomic E-state index is 0.0128. The third-order valence-electron chi connectivity index (χ3n) is 2.40. The van der Waals surface area contributed by atoms with Crippen molar-refractivity contribution in [2.45, 2.75) is 19.0 Å². The fourth-order valence-corrected chi connectivity index (χ4v) is 1.49. The van der Waals surface area contributed by atoms with Crippen LogP contribution in [0.4, 0.5) is 13.2 Å². The second-order valence-corrected chi connectivity index (χ2v) is 4.28. The fraction of sp³-hybridized carbons (Fsp3) is 0.462. The molecule has 0 atom stereocenters. The van der Waals surface area contributed by atoms with E-state index in [1.54, 1.807) is 24.3 Å². The summed E-state index contributed by atoms with van der Waals surface area (Å²) in [7, 11) is 0. The summed E-state index contributed by atoms with van der Waals surface area (Å²) in [4.78, 5) is 0. The first-order valence-electron chi connectivity index (χ1n) is 6.23. The Morgan fingerprint density at radius 1 is 1.19 bits per heavy atom. The van der Waals surface area contributed by atoms with Gasteiger partial charge in [0.25, 0.3) is 0 Å². The van der Waals surface area contributed by atoms with Crippen molar-refractivity contribution in [3.05, 3.63) is 29.8 Å². The first kappa shape index (κ1) is 17.1. The van der Waals surface area contributed by atoms with Gasteiger partial charge in [0.15, 0.2) is 0 Å². The molecule has 0 saturated heterocycles. The number of halogens is 3. The zero-order chi connectivity index (χ0) is 15.7. The molecule has 3 N–H and O–H groups in total. The highest BCUT2D eigenvalue weighted by Crippen LogP contribution is 2.15. The monoisotopic (exact) mass is 306 g/mol. The van der Waals surface area contributed by atoms with E-state index in [2.05, 4.69) is 9.89 Å². The number of amidine groups is 1. The quantitative estimate of drug-likeness (QED) is 0.254. The molecule has 0 heterocycles. The van der Waals surface area contributed by atoms with E-state index < -0.39 is 12.8 Å². The SMILES string of the molecule is NC(Cc1ccc(OCCCOCC(F)(F)F)cc1)=NO. The van der Waals surface area contributed by atoms with Crippen molar-refractivity contribution in [3.63, 3.8) is 0 Å². The van der Waals surface area contributed by atoms with Crippen molar-refractivity contribution in [2.24, 2.45) is 10.9 Å². The van der Waals surface area contributed by atoms with Crippen LogP contribution in [0.2, 0.25) is 0 Å². The first-order chi connectivity index (χ1) is 9.90. The van der Waals surface area contributed by atoms with E-state index >= 15 is 0 Å². The largest absolute Gasteiger partial charge is 0.494 e. The maximum absolute atomic E-state index is 11.8. The van der Waals surface area contributed by atoms with Crippen LogP contribution in [-0.2, 0) is 11.2 Å². The van der Waals surface area contributed by atoms with E-state index in [1.165, 1.54) is 0 Å². The topological polar surface area (TPSA) is 77.1 Å². The standard InChI is InChI=1S/C13H17F3N2O3/c14-13(15,16)9-20-6-1-7-21-11-4-2-10(3-5-11)8-12(17)18-19/h2-5,19H,1,6-9H2,(H2,17,18). The fourth-order valence-electron chi connectivity index (χ4n) is 1.49. The predicted molar refractivity (Wildman–Crippen MR) is 70.5 cm³/mol. The van der Waals surface area contributed by atoms with Crippen LogP contribution < -0.4 is 10.5 Å². The molecule has 0 saturated carbocycles. The molecule has 118 valence electrons. The molecule has 0 aliphatic rings. The molecule has 21 heavy (non-hydrogen) atoms. The molecule has 1 aromatic rings. The van der Waals surface area contributed by atoms with E-state index in [9.17, 15) is 13.2 Å². The lowest BCUT2D eigenvalue weighted by Gasteiger charge is -2.09. The van der Waals surface area contributed by atoms with Gasteiger partial charge in [-0.05, 0) is 17.7 Å². The van der Waals surface area contributed by atoms with Gasteiger partial charge in [-0.2, -0.15) is 13.2 Å². The first-order valence-corrected chi connectivity index (χ1v) is 6.23. The summed E-state index contributed by atoms with van der Waals surface area (Å²) in [6, 6.07) is 6.92. The molecule has 0 aliphatic carbocycles. The van der Waals surface area contributed by atoms with Gasteiger partial charge in [0.2, 0.25) is 0 Å². The Bertz CT molecular complexity index is 447. The Morgan fingerprint density at radius 2 is 1.86 bits per heavy atom. The third-order valence-corrected chi connectivity index (χ3v) is 2.40. The van der Waals surface area contributed by atoms with Gasteiger partial charge in [0, 0.05) is 12.8 Å². The number of oxime groups is 1.